The second kappa shape index (κ2) is 9.58. The van der Waals surface area contributed by atoms with Crippen LogP contribution in [0.2, 0.25) is 0 Å². The highest BCUT2D eigenvalue weighted by Gasteiger charge is 2.31. The number of nitrogens with one attached hydrogen (secondary N) is 1. The third-order valence-corrected chi connectivity index (χ3v) is 5.73. The maximum Gasteiger partial charge on any atom is 0.247 e. The van der Waals surface area contributed by atoms with Gasteiger partial charge in [-0.15, -0.1) is 0 Å². The topological polar surface area (TPSA) is 107 Å². The summed E-state index contributed by atoms with van der Waals surface area (Å²) in [5.41, 5.74) is 2.96. The lowest BCUT2D eigenvalue weighted by Crippen LogP contribution is -2.52. The van der Waals surface area contributed by atoms with Gasteiger partial charge in [-0.05, 0) is 26.8 Å². The number of imidazole rings is 1. The van der Waals surface area contributed by atoms with E-state index in [2.05, 4.69) is 20.3 Å². The van der Waals surface area contributed by atoms with E-state index in [1.54, 1.807) is 25.7 Å². The molecule has 1 fully saturated rings. The summed E-state index contributed by atoms with van der Waals surface area (Å²) in [5.74, 6) is 1.42. The minimum atomic E-state index is -0.568. The summed E-state index contributed by atoms with van der Waals surface area (Å²) in [5, 5.41) is 3.39. The van der Waals surface area contributed by atoms with Crippen molar-refractivity contribution in [2.24, 2.45) is 0 Å². The number of anilines is 1. The summed E-state index contributed by atoms with van der Waals surface area (Å²) >= 11 is 0. The van der Waals surface area contributed by atoms with E-state index in [9.17, 15) is 4.79 Å². The van der Waals surface area contributed by atoms with E-state index < -0.39 is 6.04 Å². The molecule has 0 radical (unpaired) electrons. The molecule has 0 aromatic carbocycles. The fourth-order valence-corrected chi connectivity index (χ4v) is 3.83. The van der Waals surface area contributed by atoms with Crippen LogP contribution in [-0.2, 0) is 20.8 Å². The number of fused-ring (bicyclic) bond motifs is 1. The molecule has 10 heteroatoms. The van der Waals surface area contributed by atoms with Gasteiger partial charge >= 0.3 is 0 Å². The number of pyridine rings is 1. The number of hydrogen-bond acceptors (Lipinski definition) is 8. The van der Waals surface area contributed by atoms with Gasteiger partial charge in [0.15, 0.2) is 5.65 Å². The highest BCUT2D eigenvalue weighted by Crippen LogP contribution is 2.28. The molecular weight excluding hydrogens is 410 g/mol. The van der Waals surface area contributed by atoms with Crippen molar-refractivity contribution in [1.82, 2.24) is 29.4 Å². The van der Waals surface area contributed by atoms with Gasteiger partial charge in [0.2, 0.25) is 5.91 Å². The highest BCUT2D eigenvalue weighted by molar-refractivity contribution is 5.92. The maximum absolute atomic E-state index is 13.3. The Bertz CT molecular complexity index is 1080. The molecule has 3 aromatic heterocycles. The van der Waals surface area contributed by atoms with Gasteiger partial charge in [0.05, 0.1) is 30.6 Å². The van der Waals surface area contributed by atoms with Crippen molar-refractivity contribution in [2.45, 2.75) is 39.5 Å². The number of aryl methyl sites for hydroxylation is 2. The first-order valence-corrected chi connectivity index (χ1v) is 10.8. The smallest absolute Gasteiger partial charge is 0.247 e. The second-order valence-electron chi connectivity index (χ2n) is 7.73. The molecule has 0 bridgehead atoms. The summed E-state index contributed by atoms with van der Waals surface area (Å²) in [6.07, 6.45) is 4.91. The van der Waals surface area contributed by atoms with E-state index in [0.717, 1.165) is 22.7 Å². The monoisotopic (exact) mass is 439 g/mol. The Labute approximate surface area is 187 Å². The molecule has 2 atom stereocenters. The van der Waals surface area contributed by atoms with Gasteiger partial charge in [-0.1, -0.05) is 0 Å². The number of rotatable bonds is 7. The van der Waals surface area contributed by atoms with Gasteiger partial charge in [-0.25, -0.2) is 19.9 Å². The van der Waals surface area contributed by atoms with Crippen molar-refractivity contribution in [3.8, 4) is 11.4 Å². The van der Waals surface area contributed by atoms with Crippen LogP contribution in [0.3, 0.4) is 0 Å². The van der Waals surface area contributed by atoms with Crippen LogP contribution in [0.5, 0.6) is 0 Å². The second-order valence-corrected chi connectivity index (χ2v) is 7.73. The molecule has 1 aliphatic rings. The molecule has 32 heavy (non-hydrogen) atoms. The van der Waals surface area contributed by atoms with E-state index in [-0.39, 0.29) is 12.0 Å². The van der Waals surface area contributed by atoms with E-state index in [1.807, 2.05) is 36.3 Å². The summed E-state index contributed by atoms with van der Waals surface area (Å²) in [7, 11) is 1.61. The van der Waals surface area contributed by atoms with Crippen LogP contribution in [0.25, 0.3) is 22.6 Å². The Morgan fingerprint density at radius 1 is 1.25 bits per heavy atom. The van der Waals surface area contributed by atoms with Gasteiger partial charge in [0.1, 0.15) is 23.2 Å². The van der Waals surface area contributed by atoms with Gasteiger partial charge in [-0.2, -0.15) is 0 Å². The normalized spacial score (nSPS) is 16.2. The number of nitrogens with zero attached hydrogens (tertiary/aromatic N) is 6. The number of carbonyl (C=O) groups excluding carboxylic acids is 1. The number of morpholine rings is 1. The Balaban J connectivity index is 1.72. The fraction of sp³-hybridized carbons (Fsp3) is 0.500. The fourth-order valence-electron chi connectivity index (χ4n) is 3.83. The minimum Gasteiger partial charge on any atom is -0.379 e. The molecule has 1 aliphatic heterocycles. The zero-order valence-corrected chi connectivity index (χ0v) is 18.9. The van der Waals surface area contributed by atoms with Crippen molar-refractivity contribution >= 4 is 22.8 Å². The first-order chi connectivity index (χ1) is 15.5. The molecule has 0 spiro atoms. The molecule has 0 saturated carbocycles. The maximum atomic E-state index is 13.3. The minimum absolute atomic E-state index is 0.0188. The molecule has 0 aliphatic carbocycles. The van der Waals surface area contributed by atoms with Crippen LogP contribution in [0.15, 0.2) is 24.7 Å². The van der Waals surface area contributed by atoms with Gasteiger partial charge in [-0.3, -0.25) is 4.79 Å². The van der Waals surface area contributed by atoms with Crippen LogP contribution in [-0.4, -0.2) is 80.9 Å². The Kier molecular flexibility index (Phi) is 6.61. The molecule has 170 valence electrons. The van der Waals surface area contributed by atoms with Crippen molar-refractivity contribution in [3.63, 3.8) is 0 Å². The SMILES string of the molecule is CCn1c(-c2cnc(C)nc2)nc2c(NC(C(=O)N3CCOCC3)C(C)OC)ccnc21. The third kappa shape index (κ3) is 4.28. The van der Waals surface area contributed by atoms with Crippen molar-refractivity contribution < 1.29 is 14.3 Å². The van der Waals surface area contributed by atoms with Crippen LogP contribution < -0.4 is 5.32 Å². The van der Waals surface area contributed by atoms with Crippen LogP contribution >= 0.6 is 0 Å². The lowest BCUT2D eigenvalue weighted by molar-refractivity contribution is -0.138. The summed E-state index contributed by atoms with van der Waals surface area (Å²) in [4.78, 5) is 33.1. The predicted molar refractivity (Wildman–Crippen MR) is 120 cm³/mol. The zero-order valence-electron chi connectivity index (χ0n) is 18.9. The molecule has 10 nitrogen and oxygen atoms in total. The van der Waals surface area contributed by atoms with E-state index in [1.165, 1.54) is 0 Å². The molecule has 4 heterocycles. The number of ether oxygens (including phenoxy) is 2. The molecule has 3 aromatic rings. The molecule has 1 saturated heterocycles. The highest BCUT2D eigenvalue weighted by atomic mass is 16.5. The first kappa shape index (κ1) is 22.1. The van der Waals surface area contributed by atoms with E-state index in [4.69, 9.17) is 14.5 Å². The van der Waals surface area contributed by atoms with Gasteiger partial charge in [0.25, 0.3) is 0 Å². The lowest BCUT2D eigenvalue weighted by atomic mass is 10.1. The molecule has 4 rings (SSSR count). The average molecular weight is 440 g/mol. The first-order valence-electron chi connectivity index (χ1n) is 10.8. The van der Waals surface area contributed by atoms with Crippen LogP contribution in [0.1, 0.15) is 19.7 Å². The molecule has 1 amide bonds. The van der Waals surface area contributed by atoms with Gasteiger partial charge < -0.3 is 24.3 Å². The van der Waals surface area contributed by atoms with Crippen molar-refractivity contribution in [3.05, 3.63) is 30.5 Å². The summed E-state index contributed by atoms with van der Waals surface area (Å²) in [6.45, 7) is 8.68. The lowest BCUT2D eigenvalue weighted by Gasteiger charge is -2.33. The Morgan fingerprint density at radius 2 is 1.97 bits per heavy atom. The average Bonchev–Trinajstić information content (AvgIpc) is 3.22. The van der Waals surface area contributed by atoms with Crippen molar-refractivity contribution in [2.75, 3.05) is 38.7 Å². The quantitative estimate of drug-likeness (QED) is 0.595. The number of aromatic nitrogens is 5. The van der Waals surface area contributed by atoms with Crippen LogP contribution in [0, 0.1) is 6.92 Å². The Hall–Kier alpha value is -3.11. The standard InChI is InChI=1S/C22H29N7O3/c1-5-29-20(16-12-24-15(3)25-13-16)27-19-17(6-7-23-21(19)29)26-18(14(2)31-4)22(30)28-8-10-32-11-9-28/h6-7,12-14,18H,5,8-11H2,1-4H3,(H,23,26). The predicted octanol–water partition coefficient (Wildman–Crippen LogP) is 1.89. The van der Waals surface area contributed by atoms with E-state index >= 15 is 0 Å². The number of hydrogen-bond donors (Lipinski definition) is 1. The number of carbonyl (C=O) groups is 1. The number of methoxy groups -OCH3 is 1. The summed E-state index contributed by atoms with van der Waals surface area (Å²) in [6, 6.07) is 1.27. The Morgan fingerprint density at radius 3 is 2.62 bits per heavy atom. The van der Waals surface area contributed by atoms with Crippen molar-refractivity contribution in [1.29, 1.82) is 0 Å². The summed E-state index contributed by atoms with van der Waals surface area (Å²) < 4.78 is 13.0. The number of amides is 1. The molecule has 2 unspecified atom stereocenters. The zero-order chi connectivity index (χ0) is 22.7. The van der Waals surface area contributed by atoms with E-state index in [0.29, 0.717) is 44.2 Å². The molecular formula is C22H29N7O3. The van der Waals surface area contributed by atoms with Gasteiger partial charge in [0, 0.05) is 45.3 Å². The largest absolute Gasteiger partial charge is 0.379 e. The molecule has 1 N–H and O–H groups in total. The third-order valence-electron chi connectivity index (χ3n) is 5.73. The van der Waals surface area contributed by atoms with Crippen LogP contribution in [0.4, 0.5) is 5.69 Å².